The molecule has 0 atom stereocenters. The van der Waals surface area contributed by atoms with E-state index in [1.54, 1.807) is 25.1 Å². The summed E-state index contributed by atoms with van der Waals surface area (Å²) in [5.41, 5.74) is 5.96. The van der Waals surface area contributed by atoms with Crippen LogP contribution in [0.3, 0.4) is 0 Å². The first kappa shape index (κ1) is 22.2. The number of hydrogen-bond donors (Lipinski definition) is 1. The lowest BCUT2D eigenvalue weighted by Crippen LogP contribution is -2.26. The van der Waals surface area contributed by atoms with E-state index in [4.69, 9.17) is 9.47 Å². The highest BCUT2D eigenvalue weighted by Gasteiger charge is 2.28. The first-order chi connectivity index (χ1) is 16.2. The Morgan fingerprint density at radius 1 is 0.909 bits per heavy atom. The van der Waals surface area contributed by atoms with Crippen molar-refractivity contribution in [3.05, 3.63) is 95.1 Å². The van der Waals surface area contributed by atoms with Crippen molar-refractivity contribution >= 4 is 12.1 Å². The maximum absolute atomic E-state index is 12.2. The zero-order valence-corrected chi connectivity index (χ0v) is 18.5. The van der Waals surface area contributed by atoms with E-state index in [2.05, 4.69) is 41.4 Å². The lowest BCUT2D eigenvalue weighted by molar-refractivity contribution is 0.0526. The highest BCUT2D eigenvalue weighted by Crippen LogP contribution is 2.44. The van der Waals surface area contributed by atoms with E-state index < -0.39 is 6.09 Å². The van der Waals surface area contributed by atoms with Crippen LogP contribution in [0, 0.1) is 11.8 Å². The number of amides is 1. The maximum atomic E-state index is 12.2. The molecule has 1 N–H and O–H groups in total. The van der Waals surface area contributed by atoms with Gasteiger partial charge < -0.3 is 14.8 Å². The van der Waals surface area contributed by atoms with Crippen LogP contribution in [0.15, 0.2) is 72.8 Å². The molecule has 4 rings (SSSR count). The third-order valence-electron chi connectivity index (χ3n) is 5.47. The summed E-state index contributed by atoms with van der Waals surface area (Å²) in [7, 11) is 0. The van der Waals surface area contributed by atoms with Gasteiger partial charge in [-0.05, 0) is 47.4 Å². The molecule has 0 saturated carbocycles. The molecule has 33 heavy (non-hydrogen) atoms. The van der Waals surface area contributed by atoms with E-state index in [0.717, 1.165) is 5.56 Å². The van der Waals surface area contributed by atoms with E-state index >= 15 is 0 Å². The van der Waals surface area contributed by atoms with Gasteiger partial charge in [0.15, 0.2) is 0 Å². The third kappa shape index (κ3) is 5.24. The van der Waals surface area contributed by atoms with Gasteiger partial charge in [-0.2, -0.15) is 0 Å². The van der Waals surface area contributed by atoms with Gasteiger partial charge in [0.25, 0.3) is 0 Å². The molecule has 166 valence electrons. The third-order valence-corrected chi connectivity index (χ3v) is 5.47. The highest BCUT2D eigenvalue weighted by molar-refractivity contribution is 5.89. The molecule has 0 aliphatic heterocycles. The summed E-state index contributed by atoms with van der Waals surface area (Å²) in [6.07, 6.45) is 0.0105. The molecule has 3 aromatic carbocycles. The van der Waals surface area contributed by atoms with Crippen LogP contribution in [0.1, 0.15) is 46.3 Å². The van der Waals surface area contributed by atoms with Crippen molar-refractivity contribution in [1.82, 2.24) is 5.32 Å². The van der Waals surface area contributed by atoms with Crippen LogP contribution in [0.4, 0.5) is 4.79 Å². The minimum absolute atomic E-state index is 0.0367. The summed E-state index contributed by atoms with van der Waals surface area (Å²) in [4.78, 5) is 24.0. The Labute approximate surface area is 193 Å². The standard InChI is InChI=1S/C28H25NO4/c1-2-32-27(30)21-12-9-11-20(18-21)10-7-8-17-29-28(31)33-19-26-24-15-5-3-13-22(24)23-14-4-6-16-25(23)26/h3-6,9,11-16,18,26H,2,8,17,19H2,1H3,(H,29,31). The van der Waals surface area contributed by atoms with Crippen molar-refractivity contribution < 1.29 is 19.1 Å². The number of ether oxygens (including phenoxy) is 2. The van der Waals surface area contributed by atoms with Crippen LogP contribution >= 0.6 is 0 Å². The fourth-order valence-corrected chi connectivity index (χ4v) is 3.98. The molecule has 0 heterocycles. The van der Waals surface area contributed by atoms with Crippen LogP contribution in [0.5, 0.6) is 0 Å². The van der Waals surface area contributed by atoms with Crippen LogP contribution in [-0.4, -0.2) is 31.8 Å². The molecule has 0 radical (unpaired) electrons. The number of carbonyl (C=O) groups is 2. The van der Waals surface area contributed by atoms with Gasteiger partial charge in [-0.1, -0.05) is 66.4 Å². The summed E-state index contributed by atoms with van der Waals surface area (Å²) in [6, 6.07) is 23.5. The number of fused-ring (bicyclic) bond motifs is 3. The predicted octanol–water partition coefficient (Wildman–Crippen LogP) is 5.14. The number of nitrogens with one attached hydrogen (secondary N) is 1. The van der Waals surface area contributed by atoms with Crippen LogP contribution in [0.2, 0.25) is 0 Å². The molecule has 5 nitrogen and oxygen atoms in total. The van der Waals surface area contributed by atoms with E-state index in [9.17, 15) is 9.59 Å². The van der Waals surface area contributed by atoms with Gasteiger partial charge in [-0.3, -0.25) is 0 Å². The van der Waals surface area contributed by atoms with E-state index in [1.807, 2.05) is 30.3 Å². The second kappa shape index (κ2) is 10.5. The molecule has 0 aromatic heterocycles. The lowest BCUT2D eigenvalue weighted by Gasteiger charge is -2.14. The number of hydrogen-bond acceptors (Lipinski definition) is 4. The number of carbonyl (C=O) groups excluding carboxylic acids is 2. The number of esters is 1. The Bertz CT molecular complexity index is 1180. The van der Waals surface area contributed by atoms with Gasteiger partial charge in [-0.25, -0.2) is 9.59 Å². The monoisotopic (exact) mass is 439 g/mol. The fraction of sp³-hybridized carbons (Fsp3) is 0.214. The average Bonchev–Trinajstić information content (AvgIpc) is 3.16. The molecule has 1 aliphatic rings. The second-order valence-corrected chi connectivity index (χ2v) is 7.61. The van der Waals surface area contributed by atoms with Gasteiger partial charge in [0.1, 0.15) is 6.61 Å². The Hall–Kier alpha value is -4.04. The molecule has 0 fully saturated rings. The fourth-order valence-electron chi connectivity index (χ4n) is 3.98. The zero-order chi connectivity index (χ0) is 23.0. The second-order valence-electron chi connectivity index (χ2n) is 7.61. The van der Waals surface area contributed by atoms with Crippen molar-refractivity contribution in [3.8, 4) is 23.0 Å². The van der Waals surface area contributed by atoms with Gasteiger partial charge in [0, 0.05) is 24.4 Å². The molecule has 5 heteroatoms. The summed E-state index contributed by atoms with van der Waals surface area (Å²) in [6.45, 7) is 2.76. The molecular formula is C28H25NO4. The van der Waals surface area contributed by atoms with Gasteiger partial charge in [-0.15, -0.1) is 0 Å². The lowest BCUT2D eigenvalue weighted by atomic mass is 9.98. The van der Waals surface area contributed by atoms with Crippen molar-refractivity contribution in [2.24, 2.45) is 0 Å². The topological polar surface area (TPSA) is 64.6 Å². The normalized spacial score (nSPS) is 11.5. The minimum Gasteiger partial charge on any atom is -0.462 e. The highest BCUT2D eigenvalue weighted by atomic mass is 16.5. The van der Waals surface area contributed by atoms with E-state index in [0.29, 0.717) is 25.1 Å². The minimum atomic E-state index is -0.456. The Balaban J connectivity index is 1.26. The van der Waals surface area contributed by atoms with Gasteiger partial charge in [0.05, 0.1) is 12.2 Å². The molecular weight excluding hydrogens is 414 g/mol. The molecule has 3 aromatic rings. The van der Waals surface area contributed by atoms with E-state index in [1.165, 1.54) is 22.3 Å². The van der Waals surface area contributed by atoms with Crippen molar-refractivity contribution in [1.29, 1.82) is 0 Å². The molecule has 0 unspecified atom stereocenters. The van der Waals surface area contributed by atoms with Crippen LogP contribution < -0.4 is 5.32 Å². The van der Waals surface area contributed by atoms with Gasteiger partial charge in [0.2, 0.25) is 0 Å². The number of alkyl carbamates (subject to hydrolysis) is 1. The first-order valence-corrected chi connectivity index (χ1v) is 11.0. The molecule has 0 saturated heterocycles. The summed E-state index contributed by atoms with van der Waals surface area (Å²) in [5.74, 6) is 5.68. The summed E-state index contributed by atoms with van der Waals surface area (Å²) >= 11 is 0. The predicted molar refractivity (Wildman–Crippen MR) is 127 cm³/mol. The quantitative estimate of drug-likeness (QED) is 0.328. The molecule has 1 amide bonds. The van der Waals surface area contributed by atoms with Crippen LogP contribution in [-0.2, 0) is 9.47 Å². The number of benzene rings is 3. The summed E-state index contributed by atoms with van der Waals surface area (Å²) < 4.78 is 10.5. The maximum Gasteiger partial charge on any atom is 0.407 e. The Morgan fingerprint density at radius 3 is 2.30 bits per heavy atom. The van der Waals surface area contributed by atoms with Crippen molar-refractivity contribution in [2.75, 3.05) is 19.8 Å². The summed E-state index contributed by atoms with van der Waals surface area (Å²) in [5, 5.41) is 2.75. The van der Waals surface area contributed by atoms with E-state index in [-0.39, 0.29) is 18.5 Å². The van der Waals surface area contributed by atoms with Gasteiger partial charge >= 0.3 is 12.1 Å². The molecule has 0 spiro atoms. The zero-order valence-electron chi connectivity index (χ0n) is 18.5. The molecule has 1 aliphatic carbocycles. The SMILES string of the molecule is CCOC(=O)c1cccc(C#CCCNC(=O)OCC2c3ccccc3-c3ccccc32)c1. The molecule has 0 bridgehead atoms. The van der Waals surface area contributed by atoms with Crippen molar-refractivity contribution in [3.63, 3.8) is 0 Å². The smallest absolute Gasteiger partial charge is 0.407 e. The van der Waals surface area contributed by atoms with Crippen LogP contribution in [0.25, 0.3) is 11.1 Å². The Morgan fingerprint density at radius 2 is 1.61 bits per heavy atom. The first-order valence-electron chi connectivity index (χ1n) is 11.0. The Kier molecular flexibility index (Phi) is 7.06. The largest absolute Gasteiger partial charge is 0.462 e. The van der Waals surface area contributed by atoms with Crippen molar-refractivity contribution in [2.45, 2.75) is 19.3 Å². The number of rotatable bonds is 6. The average molecular weight is 440 g/mol.